The Morgan fingerprint density at radius 2 is 1.43 bits per heavy atom. The molecule has 1 saturated heterocycles. The van der Waals surface area contributed by atoms with Crippen molar-refractivity contribution in [3.05, 3.63) is 65.0 Å². The molecular weight excluding hydrogens is 511 g/mol. The summed E-state index contributed by atoms with van der Waals surface area (Å²) in [5, 5.41) is 14.3. The molecule has 0 bridgehead atoms. The molecule has 1 heterocycles. The van der Waals surface area contributed by atoms with E-state index in [1.807, 2.05) is 5.32 Å². The molecule has 3 amide bonds. The van der Waals surface area contributed by atoms with Crippen molar-refractivity contribution >= 4 is 17.8 Å². The van der Waals surface area contributed by atoms with Gasteiger partial charge in [0, 0.05) is 18.2 Å². The van der Waals surface area contributed by atoms with Gasteiger partial charge < -0.3 is 20.6 Å². The predicted octanol–water partition coefficient (Wildman–Crippen LogP) is 6.55. The number of rotatable bonds is 3. The van der Waals surface area contributed by atoms with Crippen LogP contribution in [0.4, 0.5) is 46.0 Å². The highest BCUT2D eigenvalue weighted by molar-refractivity contribution is 5.90. The third-order valence-corrected chi connectivity index (χ3v) is 6.08. The van der Waals surface area contributed by atoms with Crippen LogP contribution in [0.25, 0.3) is 0 Å². The number of halogens is 7. The van der Waals surface area contributed by atoms with Crippen molar-refractivity contribution in [2.75, 3.05) is 11.9 Å². The number of amides is 3. The smallest absolute Gasteiger partial charge is 0.416 e. The molecule has 0 saturated carbocycles. The van der Waals surface area contributed by atoms with Gasteiger partial charge >= 0.3 is 24.5 Å². The van der Waals surface area contributed by atoms with Gasteiger partial charge in [0.25, 0.3) is 0 Å². The molecule has 37 heavy (non-hydrogen) atoms. The van der Waals surface area contributed by atoms with E-state index in [1.54, 1.807) is 20.8 Å². The molecule has 1 aliphatic rings. The molecule has 0 aliphatic carbocycles. The fraction of sp³-hybridized carbons (Fsp3) is 0.417. The monoisotopic (exact) mass is 535 g/mol. The van der Waals surface area contributed by atoms with Crippen LogP contribution in [0.3, 0.4) is 0 Å². The number of anilines is 1. The Hall–Kier alpha value is -3.51. The lowest BCUT2D eigenvalue weighted by Crippen LogP contribution is -2.54. The number of benzene rings is 2. The second-order valence-electron chi connectivity index (χ2n) is 9.82. The number of carbonyl (C=O) groups is 2. The minimum atomic E-state index is -5.10. The van der Waals surface area contributed by atoms with Gasteiger partial charge in [-0.2, -0.15) is 26.3 Å². The van der Waals surface area contributed by atoms with Crippen LogP contribution >= 0.6 is 0 Å². The first-order valence-electron chi connectivity index (χ1n) is 11.0. The van der Waals surface area contributed by atoms with E-state index in [1.165, 1.54) is 12.1 Å². The Bertz CT molecular complexity index is 1130. The van der Waals surface area contributed by atoms with E-state index < -0.39 is 70.5 Å². The van der Waals surface area contributed by atoms with Crippen molar-refractivity contribution in [3.8, 4) is 0 Å². The Kier molecular flexibility index (Phi) is 7.39. The maximum Gasteiger partial charge on any atom is 0.416 e. The molecule has 13 heteroatoms. The van der Waals surface area contributed by atoms with Crippen molar-refractivity contribution in [3.63, 3.8) is 0 Å². The van der Waals surface area contributed by atoms with Gasteiger partial charge in [-0.1, -0.05) is 32.9 Å². The number of carboxylic acid groups (broad SMARTS) is 1. The molecule has 2 aromatic rings. The second-order valence-corrected chi connectivity index (χ2v) is 9.82. The molecule has 1 unspecified atom stereocenters. The zero-order valence-electron chi connectivity index (χ0n) is 19.8. The largest absolute Gasteiger partial charge is 0.465 e. The van der Waals surface area contributed by atoms with Crippen LogP contribution in [0.15, 0.2) is 42.5 Å². The van der Waals surface area contributed by atoms with Gasteiger partial charge in [-0.3, -0.25) is 0 Å². The van der Waals surface area contributed by atoms with Crippen molar-refractivity contribution in [1.82, 2.24) is 10.2 Å². The number of hydrogen-bond donors (Lipinski definition) is 3. The number of urea groups is 1. The minimum absolute atomic E-state index is 0.0645. The Morgan fingerprint density at radius 1 is 0.919 bits per heavy atom. The highest BCUT2D eigenvalue weighted by atomic mass is 19.4. The van der Waals surface area contributed by atoms with Gasteiger partial charge in [0.05, 0.1) is 23.2 Å². The fourth-order valence-corrected chi connectivity index (χ4v) is 4.60. The van der Waals surface area contributed by atoms with Gasteiger partial charge in [0.1, 0.15) is 5.82 Å². The molecule has 0 spiro atoms. The molecule has 3 rings (SSSR count). The normalized spacial score (nSPS) is 20.6. The summed E-state index contributed by atoms with van der Waals surface area (Å²) in [5.41, 5.74) is -4.22. The lowest BCUT2D eigenvalue weighted by atomic mass is 9.79. The maximum atomic E-state index is 13.5. The lowest BCUT2D eigenvalue weighted by molar-refractivity contribution is -0.143. The van der Waals surface area contributed by atoms with Crippen molar-refractivity contribution in [2.24, 2.45) is 5.41 Å². The van der Waals surface area contributed by atoms with Crippen LogP contribution in [-0.2, 0) is 12.4 Å². The highest BCUT2D eigenvalue weighted by Crippen LogP contribution is 2.41. The second kappa shape index (κ2) is 9.75. The van der Waals surface area contributed by atoms with Crippen LogP contribution in [0.1, 0.15) is 43.4 Å². The first-order chi connectivity index (χ1) is 16.9. The first-order valence-corrected chi connectivity index (χ1v) is 11.0. The summed E-state index contributed by atoms with van der Waals surface area (Å²) in [5.74, 6) is -1.23. The Labute approximate surface area is 207 Å². The summed E-state index contributed by atoms with van der Waals surface area (Å²) in [4.78, 5) is 26.0. The zero-order valence-corrected chi connectivity index (χ0v) is 19.8. The third-order valence-electron chi connectivity index (χ3n) is 6.08. The molecule has 1 aliphatic heterocycles. The van der Waals surface area contributed by atoms with Gasteiger partial charge in [0.2, 0.25) is 0 Å². The summed E-state index contributed by atoms with van der Waals surface area (Å²) >= 11 is 0. The number of alkyl halides is 6. The lowest BCUT2D eigenvalue weighted by Gasteiger charge is -2.37. The van der Waals surface area contributed by atoms with Crippen molar-refractivity contribution in [1.29, 1.82) is 0 Å². The summed E-state index contributed by atoms with van der Waals surface area (Å²) < 4.78 is 92.6. The van der Waals surface area contributed by atoms with Crippen molar-refractivity contribution < 1.29 is 45.4 Å². The standard InChI is InChI=1S/C24H24F7N3O3/c1-22(2,3)19-18(17(11-34(19)21(36)37)12-4-6-15(25)7-5-12)33-20(35)32-16-9-13(23(26,27)28)8-14(10-16)24(29,30)31/h4-10,17-19H,11H2,1-3H3,(H,36,37)(H2,32,33,35)/t17-,18+,19?/m0/s1. The van der Waals surface area contributed by atoms with E-state index in [-0.39, 0.29) is 12.6 Å². The highest BCUT2D eigenvalue weighted by Gasteiger charge is 2.50. The summed E-state index contributed by atoms with van der Waals surface area (Å²) in [6, 6.07) is 2.90. The SMILES string of the molecule is CC(C)(C)C1[C@H](NC(=O)Nc2cc(C(F)(F)F)cc(C(F)(F)F)c2)[C@H](c2ccc(F)cc2)CN1C(=O)O. The van der Waals surface area contributed by atoms with Gasteiger partial charge in [-0.25, -0.2) is 14.0 Å². The number of carbonyl (C=O) groups excluding carboxylic acids is 1. The topological polar surface area (TPSA) is 81.7 Å². The van der Waals surface area contributed by atoms with Gasteiger partial charge in [-0.15, -0.1) is 0 Å². The average Bonchev–Trinajstić information content (AvgIpc) is 3.12. The molecule has 0 aromatic heterocycles. The molecule has 2 aromatic carbocycles. The maximum absolute atomic E-state index is 13.5. The van der Waals surface area contributed by atoms with Gasteiger partial charge in [0.15, 0.2) is 0 Å². The third kappa shape index (κ3) is 6.44. The van der Waals surface area contributed by atoms with Crippen LogP contribution in [0, 0.1) is 11.2 Å². The molecule has 6 nitrogen and oxygen atoms in total. The Morgan fingerprint density at radius 3 is 1.86 bits per heavy atom. The van der Waals surface area contributed by atoms with Crippen LogP contribution in [0.5, 0.6) is 0 Å². The van der Waals surface area contributed by atoms with E-state index in [0.717, 1.165) is 17.0 Å². The van der Waals surface area contributed by atoms with Crippen LogP contribution < -0.4 is 10.6 Å². The number of nitrogens with zero attached hydrogens (tertiary/aromatic N) is 1. The molecule has 202 valence electrons. The zero-order chi connectivity index (χ0) is 27.9. The fourth-order valence-electron chi connectivity index (χ4n) is 4.60. The summed E-state index contributed by atoms with van der Waals surface area (Å²) in [6.45, 7) is 5.07. The number of likely N-dealkylation sites (tertiary alicyclic amines) is 1. The van der Waals surface area contributed by atoms with E-state index in [2.05, 4.69) is 5.32 Å². The molecular formula is C24H24F7N3O3. The minimum Gasteiger partial charge on any atom is -0.465 e. The predicted molar refractivity (Wildman–Crippen MR) is 120 cm³/mol. The Balaban J connectivity index is 1.97. The van der Waals surface area contributed by atoms with Crippen LogP contribution in [-0.4, -0.2) is 40.8 Å². The van der Waals surface area contributed by atoms with E-state index in [9.17, 15) is 45.4 Å². The summed E-state index contributed by atoms with van der Waals surface area (Å²) in [7, 11) is 0. The molecule has 1 fully saturated rings. The van der Waals surface area contributed by atoms with E-state index in [4.69, 9.17) is 0 Å². The van der Waals surface area contributed by atoms with Gasteiger partial charge in [-0.05, 0) is 41.3 Å². The van der Waals surface area contributed by atoms with E-state index >= 15 is 0 Å². The number of nitrogens with one attached hydrogen (secondary N) is 2. The number of hydrogen-bond acceptors (Lipinski definition) is 2. The molecule has 0 radical (unpaired) electrons. The quantitative estimate of drug-likeness (QED) is 0.390. The molecule has 3 N–H and O–H groups in total. The average molecular weight is 535 g/mol. The van der Waals surface area contributed by atoms with E-state index in [0.29, 0.717) is 17.7 Å². The van der Waals surface area contributed by atoms with Crippen molar-refractivity contribution in [2.45, 2.75) is 51.1 Å². The van der Waals surface area contributed by atoms with Crippen LogP contribution in [0.2, 0.25) is 0 Å². The first kappa shape index (κ1) is 28.1. The summed E-state index contributed by atoms with van der Waals surface area (Å²) in [6.07, 6.45) is -11.5. The molecule has 3 atom stereocenters.